The second kappa shape index (κ2) is 11.7. The van der Waals surface area contributed by atoms with Gasteiger partial charge in [-0.05, 0) is 67.7 Å². The summed E-state index contributed by atoms with van der Waals surface area (Å²) < 4.78 is 17.1. The number of hydrogen-bond acceptors (Lipinski definition) is 5. The molecule has 1 aliphatic heterocycles. The van der Waals surface area contributed by atoms with Gasteiger partial charge in [0, 0.05) is 23.9 Å². The summed E-state index contributed by atoms with van der Waals surface area (Å²) >= 11 is 5.30. The van der Waals surface area contributed by atoms with Gasteiger partial charge >= 0.3 is 0 Å². The summed E-state index contributed by atoms with van der Waals surface area (Å²) in [5.41, 5.74) is 1.22. The molecular formula is C24H30N2O4S. The van der Waals surface area contributed by atoms with Gasteiger partial charge in [0.1, 0.15) is 18.1 Å². The third kappa shape index (κ3) is 7.84. The summed E-state index contributed by atoms with van der Waals surface area (Å²) in [7, 11) is 0. The molecule has 1 fully saturated rings. The first kappa shape index (κ1) is 23.0. The van der Waals surface area contributed by atoms with Gasteiger partial charge in [-0.2, -0.15) is 0 Å². The van der Waals surface area contributed by atoms with E-state index < -0.39 is 0 Å². The van der Waals surface area contributed by atoms with Crippen molar-refractivity contribution in [1.29, 1.82) is 0 Å². The molecule has 0 bridgehead atoms. The molecule has 0 aromatic heterocycles. The van der Waals surface area contributed by atoms with Crippen molar-refractivity contribution in [3.8, 4) is 11.5 Å². The van der Waals surface area contributed by atoms with Crippen molar-refractivity contribution in [2.75, 3.05) is 25.1 Å². The minimum Gasteiger partial charge on any atom is -0.494 e. The molecule has 0 aliphatic carbocycles. The molecule has 3 rings (SSSR count). The molecule has 2 aromatic rings. The lowest BCUT2D eigenvalue weighted by Crippen LogP contribution is -2.34. The first-order chi connectivity index (χ1) is 15.0. The molecule has 0 radical (unpaired) electrons. The Labute approximate surface area is 189 Å². The van der Waals surface area contributed by atoms with Crippen LogP contribution in [0.25, 0.3) is 0 Å². The maximum atomic E-state index is 12.6. The van der Waals surface area contributed by atoms with Gasteiger partial charge in [-0.3, -0.25) is 10.1 Å². The SMILES string of the molecule is CC(C)CCOc1cccc(C(=O)NC(=S)Nc2cccc(OCC3CCCO3)c2)c1. The fraction of sp³-hybridized carbons (Fsp3) is 0.417. The van der Waals surface area contributed by atoms with Gasteiger partial charge in [-0.25, -0.2) is 0 Å². The Kier molecular flexibility index (Phi) is 8.67. The van der Waals surface area contributed by atoms with E-state index in [0.29, 0.717) is 30.4 Å². The highest BCUT2D eigenvalue weighted by Gasteiger charge is 2.16. The molecule has 2 aromatic carbocycles. The number of anilines is 1. The lowest BCUT2D eigenvalue weighted by Gasteiger charge is -2.14. The molecule has 1 heterocycles. The lowest BCUT2D eigenvalue weighted by atomic mass is 10.1. The van der Waals surface area contributed by atoms with Crippen LogP contribution < -0.4 is 20.1 Å². The zero-order valence-corrected chi connectivity index (χ0v) is 18.9. The number of carbonyl (C=O) groups is 1. The molecule has 6 nitrogen and oxygen atoms in total. The van der Waals surface area contributed by atoms with E-state index in [1.165, 1.54) is 0 Å². The fourth-order valence-corrected chi connectivity index (χ4v) is 3.32. The van der Waals surface area contributed by atoms with E-state index in [2.05, 4.69) is 24.5 Å². The summed E-state index contributed by atoms with van der Waals surface area (Å²) in [5, 5.41) is 5.95. The molecule has 1 atom stereocenters. The van der Waals surface area contributed by atoms with Crippen LogP contribution >= 0.6 is 12.2 Å². The quantitative estimate of drug-likeness (QED) is 0.544. The van der Waals surface area contributed by atoms with Gasteiger partial charge in [0.25, 0.3) is 5.91 Å². The summed E-state index contributed by atoms with van der Waals surface area (Å²) in [6.07, 6.45) is 3.22. The van der Waals surface area contributed by atoms with E-state index in [1.807, 2.05) is 30.3 Å². The van der Waals surface area contributed by atoms with Crippen molar-refractivity contribution in [2.24, 2.45) is 5.92 Å². The van der Waals surface area contributed by atoms with E-state index >= 15 is 0 Å². The standard InChI is InChI=1S/C24H30N2O4S/c1-17(2)11-13-29-20-8-3-6-18(14-20)23(27)26-24(31)25-19-7-4-9-21(15-19)30-16-22-10-5-12-28-22/h3-4,6-9,14-15,17,22H,5,10-13,16H2,1-2H3,(H2,25,26,27,31). The molecule has 166 valence electrons. The first-order valence-corrected chi connectivity index (χ1v) is 11.1. The predicted octanol–water partition coefficient (Wildman–Crippen LogP) is 4.80. The van der Waals surface area contributed by atoms with Gasteiger partial charge in [0.05, 0.1) is 12.7 Å². The van der Waals surface area contributed by atoms with Gasteiger partial charge in [-0.15, -0.1) is 0 Å². The van der Waals surface area contributed by atoms with Crippen LogP contribution in [-0.2, 0) is 4.74 Å². The molecule has 1 saturated heterocycles. The van der Waals surface area contributed by atoms with Crippen molar-refractivity contribution in [3.63, 3.8) is 0 Å². The second-order valence-electron chi connectivity index (χ2n) is 7.94. The number of amides is 1. The number of thiocarbonyl (C=S) groups is 1. The second-order valence-corrected chi connectivity index (χ2v) is 8.35. The number of rotatable bonds is 9. The summed E-state index contributed by atoms with van der Waals surface area (Å²) in [6, 6.07) is 14.5. The lowest BCUT2D eigenvalue weighted by molar-refractivity contribution is 0.0680. The van der Waals surface area contributed by atoms with E-state index in [0.717, 1.165) is 37.3 Å². The average Bonchev–Trinajstić information content (AvgIpc) is 3.26. The monoisotopic (exact) mass is 442 g/mol. The van der Waals surface area contributed by atoms with Gasteiger partial charge in [0.15, 0.2) is 5.11 Å². The molecule has 0 spiro atoms. The zero-order valence-electron chi connectivity index (χ0n) is 18.1. The normalized spacial score (nSPS) is 15.5. The smallest absolute Gasteiger partial charge is 0.257 e. The van der Waals surface area contributed by atoms with Gasteiger partial charge < -0.3 is 19.5 Å². The van der Waals surface area contributed by atoms with Crippen LogP contribution in [-0.4, -0.2) is 36.9 Å². The van der Waals surface area contributed by atoms with Crippen LogP contribution in [0.3, 0.4) is 0 Å². The highest BCUT2D eigenvalue weighted by atomic mass is 32.1. The van der Waals surface area contributed by atoms with Gasteiger partial charge in [-0.1, -0.05) is 26.0 Å². The Hall–Kier alpha value is -2.64. The third-order valence-corrected chi connectivity index (χ3v) is 5.04. The first-order valence-electron chi connectivity index (χ1n) is 10.7. The summed E-state index contributed by atoms with van der Waals surface area (Å²) in [4.78, 5) is 12.6. The molecule has 31 heavy (non-hydrogen) atoms. The highest BCUT2D eigenvalue weighted by Crippen LogP contribution is 2.20. The third-order valence-electron chi connectivity index (χ3n) is 4.84. The fourth-order valence-electron chi connectivity index (χ4n) is 3.11. The maximum absolute atomic E-state index is 12.6. The Morgan fingerprint density at radius 1 is 1.16 bits per heavy atom. The van der Waals surface area contributed by atoms with E-state index in [9.17, 15) is 4.79 Å². The average molecular weight is 443 g/mol. The Bertz CT molecular complexity index is 881. The Morgan fingerprint density at radius 2 is 1.94 bits per heavy atom. The van der Waals surface area contributed by atoms with Crippen LogP contribution in [0, 0.1) is 5.92 Å². The van der Waals surface area contributed by atoms with Gasteiger partial charge in [0.2, 0.25) is 0 Å². The Balaban J connectivity index is 1.49. The number of hydrogen-bond donors (Lipinski definition) is 2. The van der Waals surface area contributed by atoms with Crippen LogP contribution in [0.4, 0.5) is 5.69 Å². The minimum absolute atomic E-state index is 0.155. The molecule has 2 N–H and O–H groups in total. The molecule has 0 saturated carbocycles. The predicted molar refractivity (Wildman–Crippen MR) is 126 cm³/mol. The van der Waals surface area contributed by atoms with Crippen molar-refractivity contribution in [2.45, 2.75) is 39.2 Å². The number of ether oxygens (including phenoxy) is 3. The Morgan fingerprint density at radius 3 is 2.68 bits per heavy atom. The van der Waals surface area contributed by atoms with Crippen molar-refractivity contribution in [3.05, 3.63) is 54.1 Å². The maximum Gasteiger partial charge on any atom is 0.257 e. The highest BCUT2D eigenvalue weighted by molar-refractivity contribution is 7.80. The topological polar surface area (TPSA) is 68.8 Å². The number of benzene rings is 2. The van der Waals surface area contributed by atoms with Crippen molar-refractivity contribution < 1.29 is 19.0 Å². The van der Waals surface area contributed by atoms with Crippen LogP contribution in [0.5, 0.6) is 11.5 Å². The van der Waals surface area contributed by atoms with E-state index in [1.54, 1.807) is 18.2 Å². The summed E-state index contributed by atoms with van der Waals surface area (Å²) in [6.45, 7) is 6.24. The molecular weight excluding hydrogens is 412 g/mol. The van der Waals surface area contributed by atoms with E-state index in [4.69, 9.17) is 26.4 Å². The molecule has 1 amide bonds. The molecule has 7 heteroatoms. The van der Waals surface area contributed by atoms with Crippen LogP contribution in [0.15, 0.2) is 48.5 Å². The summed E-state index contributed by atoms with van der Waals surface area (Å²) in [5.74, 6) is 1.66. The van der Waals surface area contributed by atoms with Crippen LogP contribution in [0.1, 0.15) is 43.5 Å². The largest absolute Gasteiger partial charge is 0.494 e. The van der Waals surface area contributed by atoms with E-state index in [-0.39, 0.29) is 17.1 Å². The molecule has 1 aliphatic rings. The van der Waals surface area contributed by atoms with Crippen molar-refractivity contribution >= 4 is 28.9 Å². The number of nitrogens with one attached hydrogen (secondary N) is 2. The van der Waals surface area contributed by atoms with Crippen molar-refractivity contribution in [1.82, 2.24) is 5.32 Å². The zero-order chi connectivity index (χ0) is 22.1. The number of carbonyl (C=O) groups excluding carboxylic acids is 1. The van der Waals surface area contributed by atoms with Crippen LogP contribution in [0.2, 0.25) is 0 Å². The minimum atomic E-state index is -0.294. The molecule has 1 unspecified atom stereocenters.